The SMILES string of the molecule is CN(C)C(=O)c1ccc(CNC(=O)c2ccc([N+](=O)[O-])o2)cc1. The molecular formula is C15H15N3O5. The monoisotopic (exact) mass is 317 g/mol. The van der Waals surface area contributed by atoms with E-state index >= 15 is 0 Å². The summed E-state index contributed by atoms with van der Waals surface area (Å²) in [6.45, 7) is 0.212. The van der Waals surface area contributed by atoms with Gasteiger partial charge in [-0.25, -0.2) is 0 Å². The van der Waals surface area contributed by atoms with Crippen molar-refractivity contribution in [2.75, 3.05) is 14.1 Å². The number of carbonyl (C=O) groups is 2. The third-order valence-corrected chi connectivity index (χ3v) is 3.06. The molecular weight excluding hydrogens is 302 g/mol. The van der Waals surface area contributed by atoms with Gasteiger partial charge in [0.15, 0.2) is 5.76 Å². The van der Waals surface area contributed by atoms with E-state index < -0.39 is 16.7 Å². The number of nitro groups is 1. The molecule has 0 saturated heterocycles. The van der Waals surface area contributed by atoms with E-state index in [0.29, 0.717) is 5.56 Å². The summed E-state index contributed by atoms with van der Waals surface area (Å²) in [7, 11) is 3.33. The van der Waals surface area contributed by atoms with Gasteiger partial charge in [-0.15, -0.1) is 0 Å². The number of hydrogen-bond donors (Lipinski definition) is 1. The lowest BCUT2D eigenvalue weighted by molar-refractivity contribution is -0.402. The van der Waals surface area contributed by atoms with Crippen molar-refractivity contribution in [2.45, 2.75) is 6.54 Å². The van der Waals surface area contributed by atoms with Crippen LogP contribution in [0.2, 0.25) is 0 Å². The van der Waals surface area contributed by atoms with E-state index in [1.54, 1.807) is 38.4 Å². The van der Waals surface area contributed by atoms with Crippen molar-refractivity contribution in [3.63, 3.8) is 0 Å². The van der Waals surface area contributed by atoms with Crippen LogP contribution in [-0.4, -0.2) is 35.7 Å². The molecule has 8 nitrogen and oxygen atoms in total. The van der Waals surface area contributed by atoms with Gasteiger partial charge in [-0.3, -0.25) is 19.7 Å². The third-order valence-electron chi connectivity index (χ3n) is 3.06. The second-order valence-corrected chi connectivity index (χ2v) is 4.97. The molecule has 120 valence electrons. The Morgan fingerprint density at radius 2 is 1.83 bits per heavy atom. The van der Waals surface area contributed by atoms with E-state index in [0.717, 1.165) is 11.6 Å². The van der Waals surface area contributed by atoms with Crippen LogP contribution in [0.25, 0.3) is 0 Å². The largest absolute Gasteiger partial charge is 0.433 e. The molecule has 1 N–H and O–H groups in total. The minimum atomic E-state index is -0.711. The summed E-state index contributed by atoms with van der Waals surface area (Å²) in [5.41, 5.74) is 1.33. The van der Waals surface area contributed by atoms with E-state index in [9.17, 15) is 19.7 Å². The first-order valence-corrected chi connectivity index (χ1v) is 6.71. The van der Waals surface area contributed by atoms with Crippen LogP contribution in [0.4, 0.5) is 5.88 Å². The van der Waals surface area contributed by atoms with Crippen molar-refractivity contribution < 1.29 is 18.9 Å². The number of hydrogen-bond acceptors (Lipinski definition) is 5. The number of nitrogens with one attached hydrogen (secondary N) is 1. The molecule has 0 aliphatic heterocycles. The van der Waals surface area contributed by atoms with Crippen LogP contribution in [0, 0.1) is 10.1 Å². The highest BCUT2D eigenvalue weighted by atomic mass is 16.6. The third kappa shape index (κ3) is 3.94. The highest BCUT2D eigenvalue weighted by Crippen LogP contribution is 2.15. The maximum absolute atomic E-state index is 11.8. The molecule has 0 radical (unpaired) electrons. The molecule has 1 aromatic carbocycles. The normalized spacial score (nSPS) is 10.2. The van der Waals surface area contributed by atoms with E-state index in [4.69, 9.17) is 4.42 Å². The van der Waals surface area contributed by atoms with Gasteiger partial charge >= 0.3 is 5.88 Å². The van der Waals surface area contributed by atoms with E-state index in [-0.39, 0.29) is 18.2 Å². The molecule has 0 spiro atoms. The summed E-state index contributed by atoms with van der Waals surface area (Å²) in [6, 6.07) is 9.15. The topological polar surface area (TPSA) is 106 Å². The van der Waals surface area contributed by atoms with Crippen molar-refractivity contribution >= 4 is 17.7 Å². The molecule has 2 aromatic rings. The second kappa shape index (κ2) is 6.73. The molecule has 0 aliphatic carbocycles. The minimum Gasteiger partial charge on any atom is -0.395 e. The zero-order valence-electron chi connectivity index (χ0n) is 12.6. The molecule has 0 saturated carbocycles. The van der Waals surface area contributed by atoms with E-state index in [1.165, 1.54) is 11.0 Å². The summed E-state index contributed by atoms with van der Waals surface area (Å²) < 4.78 is 4.81. The predicted octanol–water partition coefficient (Wildman–Crippen LogP) is 1.82. The van der Waals surface area contributed by atoms with Crippen molar-refractivity contribution in [3.05, 3.63) is 63.4 Å². The van der Waals surface area contributed by atoms with Gasteiger partial charge in [0, 0.05) is 26.2 Å². The number of benzene rings is 1. The quantitative estimate of drug-likeness (QED) is 0.669. The molecule has 0 atom stereocenters. The molecule has 2 amide bonds. The Balaban J connectivity index is 1.96. The van der Waals surface area contributed by atoms with Gasteiger partial charge in [-0.1, -0.05) is 12.1 Å². The summed E-state index contributed by atoms with van der Waals surface area (Å²) in [5.74, 6) is -1.27. The molecule has 0 bridgehead atoms. The Morgan fingerprint density at radius 3 is 2.35 bits per heavy atom. The molecule has 1 heterocycles. The number of carbonyl (C=O) groups excluding carboxylic acids is 2. The second-order valence-electron chi connectivity index (χ2n) is 4.97. The zero-order valence-corrected chi connectivity index (χ0v) is 12.6. The van der Waals surface area contributed by atoms with E-state index in [1.807, 2.05) is 0 Å². The summed E-state index contributed by atoms with van der Waals surface area (Å²) in [4.78, 5) is 34.8. The fourth-order valence-electron chi connectivity index (χ4n) is 1.84. The molecule has 1 aromatic heterocycles. The molecule has 0 aliphatic rings. The smallest absolute Gasteiger partial charge is 0.395 e. The highest BCUT2D eigenvalue weighted by molar-refractivity contribution is 5.94. The lowest BCUT2D eigenvalue weighted by Gasteiger charge is -2.10. The Kier molecular flexibility index (Phi) is 4.75. The molecule has 2 rings (SSSR count). The minimum absolute atomic E-state index is 0.108. The standard InChI is InChI=1S/C15H15N3O5/c1-17(2)15(20)11-5-3-10(4-6-11)9-16-14(19)12-7-8-13(23-12)18(21)22/h3-8H,9H2,1-2H3,(H,16,19). The van der Waals surface area contributed by atoms with Crippen LogP contribution in [0.15, 0.2) is 40.8 Å². The van der Waals surface area contributed by atoms with Crippen LogP contribution in [0.5, 0.6) is 0 Å². The van der Waals surface area contributed by atoms with Crippen LogP contribution in [0.1, 0.15) is 26.5 Å². The zero-order chi connectivity index (χ0) is 17.0. The number of amides is 2. The number of furan rings is 1. The summed E-state index contributed by atoms with van der Waals surface area (Å²) in [6.07, 6.45) is 0. The number of nitrogens with zero attached hydrogens (tertiary/aromatic N) is 2. The Bertz CT molecular complexity index is 734. The van der Waals surface area contributed by atoms with Crippen molar-refractivity contribution in [1.82, 2.24) is 10.2 Å². The fourth-order valence-corrected chi connectivity index (χ4v) is 1.84. The van der Waals surface area contributed by atoms with Crippen LogP contribution < -0.4 is 5.32 Å². The average molecular weight is 317 g/mol. The Labute approximate surface area is 131 Å². The maximum atomic E-state index is 11.8. The van der Waals surface area contributed by atoms with Gasteiger partial charge in [-0.05, 0) is 23.8 Å². The Morgan fingerprint density at radius 1 is 1.17 bits per heavy atom. The van der Waals surface area contributed by atoms with Crippen molar-refractivity contribution in [2.24, 2.45) is 0 Å². The first-order valence-electron chi connectivity index (χ1n) is 6.71. The first-order chi connectivity index (χ1) is 10.9. The number of rotatable bonds is 5. The van der Waals surface area contributed by atoms with Crippen molar-refractivity contribution in [1.29, 1.82) is 0 Å². The molecule has 23 heavy (non-hydrogen) atoms. The van der Waals surface area contributed by atoms with Gasteiger partial charge in [0.05, 0.1) is 6.07 Å². The van der Waals surface area contributed by atoms with Gasteiger partial charge in [0.25, 0.3) is 11.8 Å². The van der Waals surface area contributed by atoms with E-state index in [2.05, 4.69) is 5.32 Å². The van der Waals surface area contributed by atoms with Crippen LogP contribution in [-0.2, 0) is 6.54 Å². The lowest BCUT2D eigenvalue weighted by atomic mass is 10.1. The van der Waals surface area contributed by atoms with Gasteiger partial charge in [0.2, 0.25) is 0 Å². The highest BCUT2D eigenvalue weighted by Gasteiger charge is 2.17. The van der Waals surface area contributed by atoms with Crippen LogP contribution in [0.3, 0.4) is 0 Å². The van der Waals surface area contributed by atoms with Crippen molar-refractivity contribution in [3.8, 4) is 0 Å². The predicted molar refractivity (Wildman–Crippen MR) is 81.0 cm³/mol. The van der Waals surface area contributed by atoms with Crippen LogP contribution >= 0.6 is 0 Å². The first kappa shape index (κ1) is 16.2. The van der Waals surface area contributed by atoms with Gasteiger partial charge in [0.1, 0.15) is 4.92 Å². The average Bonchev–Trinajstić information content (AvgIpc) is 3.02. The lowest BCUT2D eigenvalue weighted by Crippen LogP contribution is -2.23. The molecule has 8 heteroatoms. The summed E-state index contributed by atoms with van der Waals surface area (Å²) >= 11 is 0. The van der Waals surface area contributed by atoms with Gasteiger partial charge < -0.3 is 14.6 Å². The summed E-state index contributed by atoms with van der Waals surface area (Å²) in [5, 5.41) is 13.1. The maximum Gasteiger partial charge on any atom is 0.433 e. The molecule has 0 fully saturated rings. The fraction of sp³-hybridized carbons (Fsp3) is 0.200. The Hall–Kier alpha value is -3.16. The van der Waals surface area contributed by atoms with Gasteiger partial charge in [-0.2, -0.15) is 0 Å². The molecule has 0 unspecified atom stereocenters.